The Kier molecular flexibility index (Phi) is 8.34. The van der Waals surface area contributed by atoms with Crippen molar-refractivity contribution in [2.75, 3.05) is 36.4 Å². The van der Waals surface area contributed by atoms with Gasteiger partial charge in [-0.3, -0.25) is 4.79 Å². The van der Waals surface area contributed by atoms with E-state index in [9.17, 15) is 9.90 Å². The third-order valence-corrected chi connectivity index (χ3v) is 9.31. The van der Waals surface area contributed by atoms with Crippen molar-refractivity contribution in [3.8, 4) is 0 Å². The summed E-state index contributed by atoms with van der Waals surface area (Å²) in [5, 5.41) is 14.3. The molecule has 2 atom stereocenters. The zero-order valence-electron chi connectivity index (χ0n) is 21.0. The molecule has 5 rings (SSSR count). The SMILES string of the molecule is C[C@@H](Nc1nc(N2CCC(C3CCCN(C4CC(C(=O)O)C4)C3)CC2)ncc1Cl)c1ccc(Cl)cc1Cl. The molecule has 10 heteroatoms. The molecule has 2 aromatic rings. The number of likely N-dealkylation sites (tertiary alicyclic amines) is 1. The number of nitrogens with one attached hydrogen (secondary N) is 1. The number of aliphatic carboxylic acids is 1. The monoisotopic (exact) mass is 565 g/mol. The van der Waals surface area contributed by atoms with E-state index in [0.717, 1.165) is 57.4 Å². The van der Waals surface area contributed by atoms with Gasteiger partial charge in [0.25, 0.3) is 0 Å². The molecule has 2 saturated heterocycles. The first-order valence-corrected chi connectivity index (χ1v) is 14.4. The van der Waals surface area contributed by atoms with Gasteiger partial charge in [-0.15, -0.1) is 0 Å². The summed E-state index contributed by atoms with van der Waals surface area (Å²) < 4.78 is 0. The molecule has 3 fully saturated rings. The largest absolute Gasteiger partial charge is 0.481 e. The lowest BCUT2D eigenvalue weighted by Crippen LogP contribution is -2.52. The average molecular weight is 567 g/mol. The van der Waals surface area contributed by atoms with Crippen molar-refractivity contribution in [1.29, 1.82) is 0 Å². The zero-order valence-corrected chi connectivity index (χ0v) is 23.3. The van der Waals surface area contributed by atoms with Gasteiger partial charge in [0, 0.05) is 35.7 Å². The van der Waals surface area contributed by atoms with Crippen LogP contribution in [0.2, 0.25) is 15.1 Å². The summed E-state index contributed by atoms with van der Waals surface area (Å²) in [7, 11) is 0. The summed E-state index contributed by atoms with van der Waals surface area (Å²) in [6, 6.07) is 5.82. The van der Waals surface area contributed by atoms with Gasteiger partial charge in [-0.2, -0.15) is 4.98 Å². The number of carboxylic acid groups (broad SMARTS) is 1. The van der Waals surface area contributed by atoms with E-state index >= 15 is 0 Å². The maximum atomic E-state index is 11.2. The minimum atomic E-state index is -0.636. The number of rotatable bonds is 7. The minimum absolute atomic E-state index is 0.105. The van der Waals surface area contributed by atoms with Gasteiger partial charge in [-0.1, -0.05) is 40.9 Å². The smallest absolute Gasteiger partial charge is 0.306 e. The molecule has 3 heterocycles. The summed E-state index contributed by atoms with van der Waals surface area (Å²) in [5.41, 5.74) is 0.921. The highest BCUT2D eigenvalue weighted by atomic mass is 35.5. The predicted molar refractivity (Wildman–Crippen MR) is 149 cm³/mol. The van der Waals surface area contributed by atoms with Crippen LogP contribution in [0, 0.1) is 17.8 Å². The average Bonchev–Trinajstić information content (AvgIpc) is 2.84. The van der Waals surface area contributed by atoms with Crippen molar-refractivity contribution in [2.45, 2.75) is 57.5 Å². The fourth-order valence-electron chi connectivity index (χ4n) is 6.16. The van der Waals surface area contributed by atoms with Gasteiger partial charge in [0.05, 0.1) is 18.2 Å². The number of nitrogens with zero attached hydrogens (tertiary/aromatic N) is 4. The molecule has 0 radical (unpaired) electrons. The van der Waals surface area contributed by atoms with Gasteiger partial charge < -0.3 is 20.2 Å². The molecular formula is C27H34Cl3N5O2. The lowest BCUT2D eigenvalue weighted by molar-refractivity contribution is -0.147. The Hall–Kier alpha value is -1.80. The van der Waals surface area contributed by atoms with Crippen LogP contribution in [0.4, 0.5) is 11.8 Å². The molecule has 0 spiro atoms. The van der Waals surface area contributed by atoms with E-state index in [2.05, 4.69) is 20.1 Å². The van der Waals surface area contributed by atoms with Crippen LogP contribution in [0.5, 0.6) is 0 Å². The molecule has 1 aromatic carbocycles. The van der Waals surface area contributed by atoms with E-state index in [4.69, 9.17) is 39.8 Å². The number of aromatic nitrogens is 2. The van der Waals surface area contributed by atoms with Gasteiger partial charge in [-0.25, -0.2) is 4.98 Å². The third-order valence-electron chi connectivity index (χ3n) is 8.47. The second-order valence-corrected chi connectivity index (χ2v) is 12.0. The number of halogens is 3. The molecule has 200 valence electrons. The molecule has 1 aliphatic carbocycles. The van der Waals surface area contributed by atoms with Crippen molar-refractivity contribution < 1.29 is 9.90 Å². The molecule has 1 saturated carbocycles. The first-order valence-electron chi connectivity index (χ1n) is 13.2. The molecule has 0 bridgehead atoms. The van der Waals surface area contributed by atoms with E-state index in [-0.39, 0.29) is 12.0 Å². The third kappa shape index (κ3) is 6.11. The zero-order chi connectivity index (χ0) is 26.1. The first kappa shape index (κ1) is 26.8. The Balaban J connectivity index is 1.17. The van der Waals surface area contributed by atoms with Crippen molar-refractivity contribution >= 4 is 52.5 Å². The number of carboxylic acids is 1. The van der Waals surface area contributed by atoms with Crippen LogP contribution >= 0.6 is 34.8 Å². The van der Waals surface area contributed by atoms with Crippen LogP contribution in [0.15, 0.2) is 24.4 Å². The van der Waals surface area contributed by atoms with Gasteiger partial charge in [-0.05, 0) is 81.5 Å². The normalized spacial score (nSPS) is 25.9. The molecule has 3 aliphatic rings. The van der Waals surface area contributed by atoms with Crippen molar-refractivity contribution in [3.63, 3.8) is 0 Å². The Morgan fingerprint density at radius 3 is 2.54 bits per heavy atom. The fourth-order valence-corrected chi connectivity index (χ4v) is 6.88. The van der Waals surface area contributed by atoms with Crippen LogP contribution in [-0.4, -0.2) is 58.2 Å². The molecule has 2 aliphatic heterocycles. The van der Waals surface area contributed by atoms with Crippen LogP contribution < -0.4 is 10.2 Å². The maximum Gasteiger partial charge on any atom is 0.306 e. The van der Waals surface area contributed by atoms with E-state index in [1.165, 1.54) is 12.8 Å². The first-order chi connectivity index (χ1) is 17.8. The van der Waals surface area contributed by atoms with Gasteiger partial charge in [0.15, 0.2) is 5.82 Å². The fraction of sp³-hybridized carbons (Fsp3) is 0.593. The number of hydrogen-bond donors (Lipinski definition) is 2. The number of hydrogen-bond acceptors (Lipinski definition) is 6. The molecule has 0 amide bonds. The van der Waals surface area contributed by atoms with Gasteiger partial charge in [0.1, 0.15) is 5.02 Å². The Bertz CT molecular complexity index is 1120. The molecule has 1 aromatic heterocycles. The lowest BCUT2D eigenvalue weighted by Gasteiger charge is -2.47. The highest BCUT2D eigenvalue weighted by Crippen LogP contribution is 2.38. The summed E-state index contributed by atoms with van der Waals surface area (Å²) in [6.07, 6.45) is 8.01. The van der Waals surface area contributed by atoms with Crippen LogP contribution in [-0.2, 0) is 4.79 Å². The second-order valence-electron chi connectivity index (χ2n) is 10.8. The molecular weight excluding hydrogens is 533 g/mol. The van der Waals surface area contributed by atoms with E-state index in [1.807, 2.05) is 19.1 Å². The molecule has 37 heavy (non-hydrogen) atoms. The Morgan fingerprint density at radius 1 is 1.08 bits per heavy atom. The summed E-state index contributed by atoms with van der Waals surface area (Å²) in [4.78, 5) is 25.3. The highest BCUT2D eigenvalue weighted by molar-refractivity contribution is 6.35. The van der Waals surface area contributed by atoms with E-state index < -0.39 is 5.97 Å². The number of benzene rings is 1. The topological polar surface area (TPSA) is 81.6 Å². The standard InChI is InChI=1S/C27H34Cl3N5O2/c1-16(22-5-4-20(28)13-23(22)29)32-25-24(30)14-31-27(33-25)34-9-6-17(7-10-34)18-3-2-8-35(15-18)21-11-19(12-21)26(36)37/h4-5,13-14,16-19,21H,2-3,6-12,15H2,1H3,(H,36,37)(H,31,32,33)/t16-,18?,19?,21?/m1/s1. The van der Waals surface area contributed by atoms with E-state index in [0.29, 0.717) is 44.7 Å². The van der Waals surface area contributed by atoms with E-state index in [1.54, 1.807) is 12.3 Å². The minimum Gasteiger partial charge on any atom is -0.481 e. The summed E-state index contributed by atoms with van der Waals surface area (Å²) >= 11 is 18.9. The molecule has 1 unspecified atom stereocenters. The lowest BCUT2D eigenvalue weighted by atomic mass is 9.75. The maximum absolute atomic E-state index is 11.2. The van der Waals surface area contributed by atoms with Crippen molar-refractivity contribution in [3.05, 3.63) is 45.0 Å². The van der Waals surface area contributed by atoms with Gasteiger partial charge in [0.2, 0.25) is 5.95 Å². The predicted octanol–water partition coefficient (Wildman–Crippen LogP) is 6.40. The summed E-state index contributed by atoms with van der Waals surface area (Å²) in [5.74, 6) is 1.89. The Morgan fingerprint density at radius 2 is 1.84 bits per heavy atom. The highest BCUT2D eigenvalue weighted by Gasteiger charge is 2.40. The Labute approximate surface area is 233 Å². The quantitative estimate of drug-likeness (QED) is 0.401. The van der Waals surface area contributed by atoms with Crippen LogP contribution in [0.3, 0.4) is 0 Å². The number of piperidine rings is 2. The molecule has 2 N–H and O–H groups in total. The van der Waals surface area contributed by atoms with Crippen molar-refractivity contribution in [1.82, 2.24) is 14.9 Å². The van der Waals surface area contributed by atoms with Crippen molar-refractivity contribution in [2.24, 2.45) is 17.8 Å². The number of carbonyl (C=O) groups is 1. The van der Waals surface area contributed by atoms with Gasteiger partial charge >= 0.3 is 5.97 Å². The second kappa shape index (κ2) is 11.5. The molecule has 7 nitrogen and oxygen atoms in total. The number of anilines is 2. The van der Waals surface area contributed by atoms with Crippen LogP contribution in [0.25, 0.3) is 0 Å². The van der Waals surface area contributed by atoms with Crippen LogP contribution in [0.1, 0.15) is 57.1 Å². The summed E-state index contributed by atoms with van der Waals surface area (Å²) in [6.45, 7) is 6.08.